The number of aromatic nitrogens is 2. The zero-order valence-electron chi connectivity index (χ0n) is 15.1. The Morgan fingerprint density at radius 2 is 2.04 bits per heavy atom. The van der Waals surface area contributed by atoms with Crippen molar-refractivity contribution in [2.45, 2.75) is 44.7 Å². The van der Waals surface area contributed by atoms with Crippen molar-refractivity contribution >= 4 is 41.8 Å². The number of carbonyl (C=O) groups is 1. The number of hydrogen-bond donors (Lipinski definition) is 1. The van der Waals surface area contributed by atoms with Crippen LogP contribution in [0.1, 0.15) is 38.4 Å². The number of para-hydroxylation sites is 2. The van der Waals surface area contributed by atoms with E-state index in [4.69, 9.17) is 5.73 Å². The van der Waals surface area contributed by atoms with Gasteiger partial charge in [0.15, 0.2) is 0 Å². The van der Waals surface area contributed by atoms with Crippen LogP contribution in [0.25, 0.3) is 11.0 Å². The summed E-state index contributed by atoms with van der Waals surface area (Å²) in [6, 6.07) is 8.03. The average Bonchev–Trinajstić information content (AvgIpc) is 2.83. The van der Waals surface area contributed by atoms with Crippen LogP contribution in [-0.4, -0.2) is 32.9 Å². The lowest BCUT2D eigenvalue weighted by atomic mass is 9.74. The van der Waals surface area contributed by atoms with Gasteiger partial charge in [-0.25, -0.2) is 4.98 Å². The predicted molar refractivity (Wildman–Crippen MR) is 106 cm³/mol. The molecule has 2 aromatic rings. The number of hydrogen-bond acceptors (Lipinski definition) is 3. The number of aryl methyl sites for hydroxylation is 1. The van der Waals surface area contributed by atoms with Crippen LogP contribution >= 0.6 is 24.8 Å². The van der Waals surface area contributed by atoms with E-state index in [1.165, 1.54) is 0 Å². The third-order valence-corrected chi connectivity index (χ3v) is 5.19. The van der Waals surface area contributed by atoms with E-state index in [1.807, 2.05) is 45.3 Å². The molecule has 1 saturated carbocycles. The van der Waals surface area contributed by atoms with Gasteiger partial charge >= 0.3 is 0 Å². The highest BCUT2D eigenvalue weighted by molar-refractivity contribution is 5.85. The second-order valence-corrected chi connectivity index (χ2v) is 7.07. The number of fused-ring (bicyclic) bond motifs is 1. The molecule has 25 heavy (non-hydrogen) atoms. The van der Waals surface area contributed by atoms with Crippen LogP contribution in [0.15, 0.2) is 24.3 Å². The van der Waals surface area contributed by atoms with E-state index < -0.39 is 5.54 Å². The van der Waals surface area contributed by atoms with Gasteiger partial charge in [0.1, 0.15) is 5.82 Å². The molecule has 0 radical (unpaired) electrons. The first kappa shape index (κ1) is 21.7. The van der Waals surface area contributed by atoms with Crippen molar-refractivity contribution in [2.75, 3.05) is 7.05 Å². The molecule has 0 saturated heterocycles. The van der Waals surface area contributed by atoms with Crippen LogP contribution in [0.3, 0.4) is 0 Å². The molecule has 1 amide bonds. The van der Waals surface area contributed by atoms with Crippen LogP contribution in [0.2, 0.25) is 0 Å². The lowest BCUT2D eigenvalue weighted by molar-refractivity contribution is -0.138. The van der Waals surface area contributed by atoms with Gasteiger partial charge in [-0.2, -0.15) is 0 Å². The summed E-state index contributed by atoms with van der Waals surface area (Å²) in [5, 5.41) is 0. The Morgan fingerprint density at radius 1 is 1.36 bits per heavy atom. The molecule has 0 spiro atoms. The molecule has 2 N–H and O–H groups in total. The van der Waals surface area contributed by atoms with E-state index in [2.05, 4.69) is 9.55 Å². The molecular weight excluding hydrogens is 359 g/mol. The number of carbonyl (C=O) groups excluding carboxylic acids is 1. The Kier molecular flexibility index (Phi) is 7.29. The monoisotopic (exact) mass is 386 g/mol. The van der Waals surface area contributed by atoms with Crippen molar-refractivity contribution in [1.82, 2.24) is 14.5 Å². The molecule has 140 valence electrons. The van der Waals surface area contributed by atoms with Crippen molar-refractivity contribution in [3.63, 3.8) is 0 Å². The van der Waals surface area contributed by atoms with Gasteiger partial charge in [0.2, 0.25) is 5.91 Å². The molecule has 0 bridgehead atoms. The second-order valence-electron chi connectivity index (χ2n) is 7.07. The van der Waals surface area contributed by atoms with Gasteiger partial charge in [0, 0.05) is 19.6 Å². The van der Waals surface area contributed by atoms with Gasteiger partial charge in [-0.15, -0.1) is 24.8 Å². The summed E-state index contributed by atoms with van der Waals surface area (Å²) in [5.74, 6) is 0.953. The zero-order valence-corrected chi connectivity index (χ0v) is 16.7. The minimum Gasteiger partial charge on any atom is -0.338 e. The largest absolute Gasteiger partial charge is 0.338 e. The normalized spacial score (nSPS) is 22.8. The maximum Gasteiger partial charge on any atom is 0.227 e. The van der Waals surface area contributed by atoms with Gasteiger partial charge in [-0.1, -0.05) is 25.0 Å². The molecule has 3 rings (SSSR count). The Balaban J connectivity index is 0.00000156. The molecule has 1 aromatic heterocycles. The molecule has 0 aliphatic heterocycles. The number of amides is 1. The minimum atomic E-state index is -0.393. The van der Waals surface area contributed by atoms with E-state index in [-0.39, 0.29) is 36.6 Å². The lowest BCUT2D eigenvalue weighted by Gasteiger charge is -2.39. The first-order valence-electron chi connectivity index (χ1n) is 8.34. The standard InChI is InChI=1S/C18H26N4O.2ClH/c1-18(19)11-7-6-8-13(18)17(23)21(2)12-16-20-14-9-4-5-10-15(14)22(16)3;;/h4-5,9-10,13H,6-8,11-12,19H2,1-3H3;2*1H. The molecule has 5 nitrogen and oxygen atoms in total. The van der Waals surface area contributed by atoms with Crippen molar-refractivity contribution in [1.29, 1.82) is 0 Å². The second kappa shape index (κ2) is 8.39. The number of rotatable bonds is 3. The quantitative estimate of drug-likeness (QED) is 0.879. The van der Waals surface area contributed by atoms with Crippen molar-refractivity contribution in [3.05, 3.63) is 30.1 Å². The van der Waals surface area contributed by atoms with Crippen molar-refractivity contribution < 1.29 is 4.79 Å². The first-order valence-corrected chi connectivity index (χ1v) is 8.34. The van der Waals surface area contributed by atoms with Gasteiger partial charge in [0.25, 0.3) is 0 Å². The fourth-order valence-electron chi connectivity index (χ4n) is 3.66. The first-order chi connectivity index (χ1) is 10.9. The number of imidazole rings is 1. The molecule has 1 aromatic carbocycles. The number of halogens is 2. The lowest BCUT2D eigenvalue weighted by Crippen LogP contribution is -2.53. The van der Waals surface area contributed by atoms with Crippen molar-refractivity contribution in [3.8, 4) is 0 Å². The molecule has 1 heterocycles. The molecule has 1 aliphatic carbocycles. The Bertz CT molecular complexity index is 729. The van der Waals surface area contributed by atoms with E-state index in [0.717, 1.165) is 42.5 Å². The van der Waals surface area contributed by atoms with Gasteiger partial charge in [0.05, 0.1) is 23.5 Å². The van der Waals surface area contributed by atoms with Crippen LogP contribution in [-0.2, 0) is 18.4 Å². The highest BCUT2D eigenvalue weighted by Gasteiger charge is 2.39. The summed E-state index contributed by atoms with van der Waals surface area (Å²) in [5.41, 5.74) is 8.04. The fraction of sp³-hybridized carbons (Fsp3) is 0.556. The Morgan fingerprint density at radius 3 is 2.68 bits per heavy atom. The van der Waals surface area contributed by atoms with E-state index in [0.29, 0.717) is 6.54 Å². The average molecular weight is 387 g/mol. The van der Waals surface area contributed by atoms with Crippen LogP contribution in [0, 0.1) is 5.92 Å². The molecular formula is C18H28Cl2N4O. The maximum atomic E-state index is 12.9. The summed E-state index contributed by atoms with van der Waals surface area (Å²) in [7, 11) is 3.85. The third kappa shape index (κ3) is 4.27. The SMILES string of the molecule is CN(Cc1nc2ccccc2n1C)C(=O)C1CCCCC1(C)N.Cl.Cl. The summed E-state index contributed by atoms with van der Waals surface area (Å²) in [6.07, 6.45) is 4.01. The van der Waals surface area contributed by atoms with Gasteiger partial charge in [-0.05, 0) is 31.9 Å². The number of benzene rings is 1. The molecule has 1 aliphatic rings. The summed E-state index contributed by atoms with van der Waals surface area (Å²) in [4.78, 5) is 19.3. The summed E-state index contributed by atoms with van der Waals surface area (Å²) < 4.78 is 2.06. The van der Waals surface area contributed by atoms with Gasteiger partial charge in [-0.3, -0.25) is 4.79 Å². The number of nitrogens with zero attached hydrogens (tertiary/aromatic N) is 3. The molecule has 7 heteroatoms. The molecule has 1 fully saturated rings. The number of nitrogens with two attached hydrogens (primary N) is 1. The summed E-state index contributed by atoms with van der Waals surface area (Å²) in [6.45, 7) is 2.52. The molecule has 2 unspecified atom stereocenters. The predicted octanol–water partition coefficient (Wildman–Crippen LogP) is 3.28. The topological polar surface area (TPSA) is 64.2 Å². The van der Waals surface area contributed by atoms with E-state index >= 15 is 0 Å². The van der Waals surface area contributed by atoms with Crippen molar-refractivity contribution in [2.24, 2.45) is 18.7 Å². The van der Waals surface area contributed by atoms with Gasteiger partial charge < -0.3 is 15.2 Å². The Labute approximate surface area is 161 Å². The maximum absolute atomic E-state index is 12.9. The fourth-order valence-corrected chi connectivity index (χ4v) is 3.66. The highest BCUT2D eigenvalue weighted by atomic mass is 35.5. The Hall–Kier alpha value is -1.30. The van der Waals surface area contributed by atoms with Crippen LogP contribution in [0.5, 0.6) is 0 Å². The highest BCUT2D eigenvalue weighted by Crippen LogP contribution is 2.33. The van der Waals surface area contributed by atoms with Crippen LogP contribution in [0.4, 0.5) is 0 Å². The smallest absolute Gasteiger partial charge is 0.227 e. The minimum absolute atomic E-state index is 0. The zero-order chi connectivity index (χ0) is 16.6. The summed E-state index contributed by atoms with van der Waals surface area (Å²) >= 11 is 0. The molecule has 2 atom stereocenters. The van der Waals surface area contributed by atoms with Crippen LogP contribution < -0.4 is 5.73 Å². The van der Waals surface area contributed by atoms with E-state index in [9.17, 15) is 4.79 Å². The third-order valence-electron chi connectivity index (χ3n) is 5.19. The van der Waals surface area contributed by atoms with E-state index in [1.54, 1.807) is 4.90 Å².